The first-order chi connectivity index (χ1) is 8.29. The lowest BCUT2D eigenvalue weighted by Gasteiger charge is -2.17. The van der Waals surface area contributed by atoms with Crippen molar-refractivity contribution in [3.05, 3.63) is 34.3 Å². The van der Waals surface area contributed by atoms with E-state index < -0.39 is 0 Å². The van der Waals surface area contributed by atoms with Crippen LogP contribution >= 0.6 is 15.9 Å². The second-order valence-electron chi connectivity index (χ2n) is 4.77. The lowest BCUT2D eigenvalue weighted by molar-refractivity contribution is 0.319. The summed E-state index contributed by atoms with van der Waals surface area (Å²) >= 11 is 3.62. The Labute approximate surface area is 113 Å². The Bertz CT molecular complexity index is 354. The first kappa shape index (κ1) is 13.1. The van der Waals surface area contributed by atoms with E-state index in [0.29, 0.717) is 6.04 Å². The topological polar surface area (TPSA) is 15.3 Å². The molecule has 94 valence electrons. The summed E-state index contributed by atoms with van der Waals surface area (Å²) in [6.07, 6.45) is 2.51. The van der Waals surface area contributed by atoms with E-state index in [9.17, 15) is 0 Å². The molecule has 1 heterocycles. The van der Waals surface area contributed by atoms with E-state index in [1.165, 1.54) is 36.0 Å². The Hall–Kier alpha value is -0.380. The van der Waals surface area contributed by atoms with Gasteiger partial charge in [0.05, 0.1) is 0 Å². The largest absolute Gasteiger partial charge is 0.313 e. The van der Waals surface area contributed by atoms with Crippen molar-refractivity contribution >= 4 is 15.9 Å². The second-order valence-corrected chi connectivity index (χ2v) is 5.62. The molecule has 0 bridgehead atoms. The second kappa shape index (κ2) is 6.53. The molecule has 1 aliphatic heterocycles. The molecule has 1 aliphatic rings. The normalized spacial score (nSPS) is 20.9. The number of benzene rings is 1. The molecule has 1 saturated heterocycles. The van der Waals surface area contributed by atoms with Crippen LogP contribution in [0.1, 0.15) is 25.3 Å². The zero-order valence-corrected chi connectivity index (χ0v) is 12.0. The molecular formula is C14H21BrN2. The zero-order valence-electron chi connectivity index (χ0n) is 10.5. The van der Waals surface area contributed by atoms with Crippen molar-refractivity contribution in [3.63, 3.8) is 0 Å². The highest BCUT2D eigenvalue weighted by molar-refractivity contribution is 9.10. The maximum atomic E-state index is 3.62. The van der Waals surface area contributed by atoms with Crippen molar-refractivity contribution in [2.24, 2.45) is 0 Å². The van der Waals surface area contributed by atoms with E-state index >= 15 is 0 Å². The summed E-state index contributed by atoms with van der Waals surface area (Å²) in [7, 11) is 0. The first-order valence-corrected chi connectivity index (χ1v) is 7.28. The van der Waals surface area contributed by atoms with Crippen LogP contribution in [0.4, 0.5) is 0 Å². The lowest BCUT2D eigenvalue weighted by atomic mass is 10.2. The highest BCUT2D eigenvalue weighted by Gasteiger charge is 2.21. The molecular weight excluding hydrogens is 276 g/mol. The van der Waals surface area contributed by atoms with Gasteiger partial charge in [-0.25, -0.2) is 0 Å². The molecule has 0 spiro atoms. The van der Waals surface area contributed by atoms with E-state index in [-0.39, 0.29) is 0 Å². The molecule has 2 rings (SSSR count). The molecule has 1 aromatic rings. The molecule has 0 saturated carbocycles. The molecule has 2 nitrogen and oxygen atoms in total. The van der Waals surface area contributed by atoms with Crippen LogP contribution in [0.15, 0.2) is 28.7 Å². The van der Waals surface area contributed by atoms with Gasteiger partial charge in [-0.05, 0) is 31.0 Å². The van der Waals surface area contributed by atoms with E-state index in [4.69, 9.17) is 0 Å². The fraction of sp³-hybridized carbons (Fsp3) is 0.571. The van der Waals surface area contributed by atoms with Gasteiger partial charge in [0.25, 0.3) is 0 Å². The van der Waals surface area contributed by atoms with Crippen molar-refractivity contribution in [2.75, 3.05) is 19.6 Å². The molecule has 1 unspecified atom stereocenters. The zero-order chi connectivity index (χ0) is 12.1. The van der Waals surface area contributed by atoms with Crippen molar-refractivity contribution in [1.29, 1.82) is 0 Å². The van der Waals surface area contributed by atoms with Gasteiger partial charge in [0.1, 0.15) is 0 Å². The molecule has 17 heavy (non-hydrogen) atoms. The van der Waals surface area contributed by atoms with E-state index in [2.05, 4.69) is 57.3 Å². The van der Waals surface area contributed by atoms with Crippen LogP contribution in [-0.4, -0.2) is 30.6 Å². The van der Waals surface area contributed by atoms with Crippen LogP contribution < -0.4 is 5.32 Å². The SMILES string of the molecule is CCCNC1CCN(Cc2ccccc2Br)C1. The van der Waals surface area contributed by atoms with Crippen LogP contribution in [0.25, 0.3) is 0 Å². The number of halogens is 1. The van der Waals surface area contributed by atoms with Gasteiger partial charge < -0.3 is 5.32 Å². The average molecular weight is 297 g/mol. The van der Waals surface area contributed by atoms with Crippen LogP contribution in [-0.2, 0) is 6.54 Å². The summed E-state index contributed by atoms with van der Waals surface area (Å²) in [5, 5.41) is 3.61. The molecule has 1 atom stereocenters. The lowest BCUT2D eigenvalue weighted by Crippen LogP contribution is -2.32. The summed E-state index contributed by atoms with van der Waals surface area (Å²) in [4.78, 5) is 2.54. The minimum Gasteiger partial charge on any atom is -0.313 e. The average Bonchev–Trinajstić information content (AvgIpc) is 2.77. The van der Waals surface area contributed by atoms with Gasteiger partial charge >= 0.3 is 0 Å². The summed E-state index contributed by atoms with van der Waals surface area (Å²) in [5.41, 5.74) is 1.39. The summed E-state index contributed by atoms with van der Waals surface area (Å²) in [5.74, 6) is 0. The van der Waals surface area contributed by atoms with Crippen molar-refractivity contribution in [3.8, 4) is 0 Å². The molecule has 0 amide bonds. The maximum absolute atomic E-state index is 3.62. The molecule has 1 aromatic carbocycles. The number of rotatable bonds is 5. The van der Waals surface area contributed by atoms with E-state index in [0.717, 1.165) is 13.1 Å². The van der Waals surface area contributed by atoms with E-state index in [1.54, 1.807) is 0 Å². The Balaban J connectivity index is 1.83. The standard InChI is InChI=1S/C14H21BrN2/c1-2-8-16-13-7-9-17(11-13)10-12-5-3-4-6-14(12)15/h3-6,13,16H,2,7-11H2,1H3. The molecule has 0 radical (unpaired) electrons. The van der Waals surface area contributed by atoms with Crippen LogP contribution in [0.5, 0.6) is 0 Å². The third kappa shape index (κ3) is 3.80. The van der Waals surface area contributed by atoms with Crippen LogP contribution in [0.2, 0.25) is 0 Å². The minimum absolute atomic E-state index is 0.692. The Morgan fingerprint density at radius 1 is 1.41 bits per heavy atom. The Morgan fingerprint density at radius 2 is 2.24 bits per heavy atom. The smallest absolute Gasteiger partial charge is 0.0245 e. The third-order valence-electron chi connectivity index (χ3n) is 3.31. The first-order valence-electron chi connectivity index (χ1n) is 6.48. The predicted molar refractivity (Wildman–Crippen MR) is 76.1 cm³/mol. The van der Waals surface area contributed by atoms with Gasteiger partial charge in [0.2, 0.25) is 0 Å². The number of likely N-dealkylation sites (tertiary alicyclic amines) is 1. The monoisotopic (exact) mass is 296 g/mol. The Morgan fingerprint density at radius 3 is 3.00 bits per heavy atom. The van der Waals surface area contributed by atoms with Gasteiger partial charge in [-0.3, -0.25) is 4.90 Å². The van der Waals surface area contributed by atoms with Crippen molar-refractivity contribution < 1.29 is 0 Å². The fourth-order valence-electron chi connectivity index (χ4n) is 2.36. The van der Waals surface area contributed by atoms with Gasteiger partial charge in [-0.15, -0.1) is 0 Å². The number of hydrogen-bond acceptors (Lipinski definition) is 2. The third-order valence-corrected chi connectivity index (χ3v) is 4.08. The van der Waals surface area contributed by atoms with Gasteiger partial charge in [0, 0.05) is 30.1 Å². The van der Waals surface area contributed by atoms with Gasteiger partial charge in [0.15, 0.2) is 0 Å². The maximum Gasteiger partial charge on any atom is 0.0245 e. The van der Waals surface area contributed by atoms with Gasteiger partial charge in [-0.2, -0.15) is 0 Å². The molecule has 0 aromatic heterocycles. The highest BCUT2D eigenvalue weighted by Crippen LogP contribution is 2.20. The summed E-state index contributed by atoms with van der Waals surface area (Å²) in [6.45, 7) is 6.82. The number of nitrogens with zero attached hydrogens (tertiary/aromatic N) is 1. The molecule has 1 fully saturated rings. The predicted octanol–water partition coefficient (Wildman–Crippen LogP) is 3.02. The quantitative estimate of drug-likeness (QED) is 0.898. The van der Waals surface area contributed by atoms with E-state index in [1.807, 2.05) is 0 Å². The number of nitrogens with one attached hydrogen (secondary N) is 1. The van der Waals surface area contributed by atoms with Crippen LogP contribution in [0.3, 0.4) is 0 Å². The summed E-state index contributed by atoms with van der Waals surface area (Å²) in [6, 6.07) is 9.21. The highest BCUT2D eigenvalue weighted by atomic mass is 79.9. The fourth-order valence-corrected chi connectivity index (χ4v) is 2.77. The molecule has 3 heteroatoms. The minimum atomic E-state index is 0.692. The van der Waals surface area contributed by atoms with Gasteiger partial charge in [-0.1, -0.05) is 41.1 Å². The van der Waals surface area contributed by atoms with Crippen molar-refractivity contribution in [2.45, 2.75) is 32.4 Å². The van der Waals surface area contributed by atoms with Crippen molar-refractivity contribution in [1.82, 2.24) is 10.2 Å². The Kier molecular flexibility index (Phi) is 5.01. The molecule has 1 N–H and O–H groups in total. The molecule has 0 aliphatic carbocycles. The van der Waals surface area contributed by atoms with Crippen LogP contribution in [0, 0.1) is 0 Å². The number of hydrogen-bond donors (Lipinski definition) is 1. The summed E-state index contributed by atoms with van der Waals surface area (Å²) < 4.78 is 1.23.